The third-order valence-electron chi connectivity index (χ3n) is 10.0. The highest BCUT2D eigenvalue weighted by molar-refractivity contribution is 5.97. The Balaban J connectivity index is 1.18. The summed E-state index contributed by atoms with van der Waals surface area (Å²) in [5.41, 5.74) is 0.811. The molecule has 4 saturated carbocycles. The minimum atomic E-state index is -0.620. The fourth-order valence-corrected chi connectivity index (χ4v) is 8.38. The second-order valence-corrected chi connectivity index (χ2v) is 12.9. The number of amides is 2. The summed E-state index contributed by atoms with van der Waals surface area (Å²) < 4.78 is 18.8. The smallest absolute Gasteiger partial charge is 0.242 e. The van der Waals surface area contributed by atoms with Crippen molar-refractivity contribution < 1.29 is 18.7 Å². The van der Waals surface area contributed by atoms with Gasteiger partial charge in [0, 0.05) is 13.0 Å². The first-order chi connectivity index (χ1) is 18.8. The van der Waals surface area contributed by atoms with E-state index in [1.165, 1.54) is 45.3 Å². The van der Waals surface area contributed by atoms with E-state index < -0.39 is 11.9 Å². The van der Waals surface area contributed by atoms with Crippen molar-refractivity contribution in [1.82, 2.24) is 16.0 Å². The number of benzene rings is 1. The lowest BCUT2D eigenvalue weighted by molar-refractivity contribution is -0.124. The molecule has 7 nitrogen and oxygen atoms in total. The molecule has 0 aliphatic heterocycles. The van der Waals surface area contributed by atoms with Crippen LogP contribution in [-0.4, -0.2) is 30.9 Å². The fourth-order valence-electron chi connectivity index (χ4n) is 8.38. The lowest BCUT2D eigenvalue weighted by atomic mass is 9.65. The van der Waals surface area contributed by atoms with Gasteiger partial charge in [-0.25, -0.2) is 4.39 Å². The van der Waals surface area contributed by atoms with E-state index in [0.717, 1.165) is 68.3 Å². The Bertz CT molecular complexity index is 1060. The van der Waals surface area contributed by atoms with Crippen LogP contribution in [0, 0.1) is 40.3 Å². The SMILES string of the molecule is COc1cc(CNC(=O)[C@@H](CC2CCCCC2)NC(=N)NC(=O)C[C@]23CCC[C@H]4C[C@@H](CC4C2)C3)ccc1F. The van der Waals surface area contributed by atoms with Gasteiger partial charge >= 0.3 is 0 Å². The fraction of sp³-hybridized carbons (Fsp3) is 0.710. The maximum absolute atomic E-state index is 13.8. The number of ether oxygens (including phenoxy) is 1. The van der Waals surface area contributed by atoms with Crippen molar-refractivity contribution in [2.45, 2.75) is 102 Å². The quantitative estimate of drug-likeness (QED) is 0.248. The van der Waals surface area contributed by atoms with Crippen LogP contribution in [-0.2, 0) is 16.1 Å². The first kappa shape index (κ1) is 27.9. The minimum Gasteiger partial charge on any atom is -0.494 e. The van der Waals surface area contributed by atoms with Crippen LogP contribution in [0.5, 0.6) is 5.75 Å². The van der Waals surface area contributed by atoms with Crippen LogP contribution in [0.3, 0.4) is 0 Å². The molecule has 3 bridgehead atoms. The Morgan fingerprint density at radius 1 is 1.10 bits per heavy atom. The molecule has 39 heavy (non-hydrogen) atoms. The molecule has 4 N–H and O–H groups in total. The lowest BCUT2D eigenvalue weighted by Crippen LogP contribution is -2.52. The summed E-state index contributed by atoms with van der Waals surface area (Å²) in [4.78, 5) is 26.4. The van der Waals surface area contributed by atoms with Gasteiger partial charge in [-0.2, -0.15) is 0 Å². The summed E-state index contributed by atoms with van der Waals surface area (Å²) in [6.07, 6.45) is 15.4. The average molecular weight is 541 g/mol. The Labute approximate surface area is 231 Å². The van der Waals surface area contributed by atoms with Crippen molar-refractivity contribution in [2.75, 3.05) is 7.11 Å². The van der Waals surface area contributed by atoms with E-state index in [-0.39, 0.29) is 35.5 Å². The third-order valence-corrected chi connectivity index (χ3v) is 10.0. The molecule has 4 fully saturated rings. The molecule has 0 aromatic heterocycles. The molecular formula is C31H45FN4O3. The highest BCUT2D eigenvalue weighted by Gasteiger charge is 2.50. The zero-order valence-electron chi connectivity index (χ0n) is 23.3. The van der Waals surface area contributed by atoms with Crippen LogP contribution in [0.25, 0.3) is 0 Å². The Kier molecular flexibility index (Phi) is 8.77. The van der Waals surface area contributed by atoms with Crippen molar-refractivity contribution in [1.29, 1.82) is 5.41 Å². The van der Waals surface area contributed by atoms with Gasteiger partial charge in [-0.15, -0.1) is 0 Å². The van der Waals surface area contributed by atoms with Gasteiger partial charge in [0.2, 0.25) is 11.8 Å². The van der Waals surface area contributed by atoms with Crippen molar-refractivity contribution >= 4 is 17.8 Å². The summed E-state index contributed by atoms with van der Waals surface area (Å²) in [5, 5.41) is 17.3. The molecule has 5 rings (SSSR count). The van der Waals surface area contributed by atoms with Gasteiger partial charge in [-0.1, -0.05) is 51.0 Å². The summed E-state index contributed by atoms with van der Waals surface area (Å²) in [6.45, 7) is 0.226. The highest BCUT2D eigenvalue weighted by Crippen LogP contribution is 2.59. The van der Waals surface area contributed by atoms with E-state index in [2.05, 4.69) is 16.0 Å². The summed E-state index contributed by atoms with van der Waals surface area (Å²) in [6, 6.07) is 3.91. The van der Waals surface area contributed by atoms with Crippen LogP contribution in [0.2, 0.25) is 0 Å². The molecule has 0 saturated heterocycles. The number of carbonyl (C=O) groups is 2. The Morgan fingerprint density at radius 2 is 1.90 bits per heavy atom. The van der Waals surface area contributed by atoms with E-state index in [1.54, 1.807) is 12.1 Å². The number of fused-ring (bicyclic) bond motifs is 2. The van der Waals surface area contributed by atoms with Gasteiger partial charge in [-0.3, -0.25) is 20.3 Å². The van der Waals surface area contributed by atoms with Gasteiger partial charge in [0.05, 0.1) is 7.11 Å². The number of methoxy groups -OCH3 is 1. The lowest BCUT2D eigenvalue weighted by Gasteiger charge is -2.40. The predicted molar refractivity (Wildman–Crippen MR) is 149 cm³/mol. The number of rotatable bonds is 9. The number of guanidine groups is 1. The second kappa shape index (κ2) is 12.3. The van der Waals surface area contributed by atoms with Gasteiger partial charge in [0.15, 0.2) is 17.5 Å². The highest BCUT2D eigenvalue weighted by atomic mass is 19.1. The maximum atomic E-state index is 13.8. The first-order valence-corrected chi connectivity index (χ1v) is 15.1. The summed E-state index contributed by atoms with van der Waals surface area (Å²) >= 11 is 0. The summed E-state index contributed by atoms with van der Waals surface area (Å²) in [7, 11) is 1.41. The number of nitrogens with one attached hydrogen (secondary N) is 4. The molecule has 1 aromatic carbocycles. The molecule has 2 amide bonds. The molecule has 214 valence electrons. The van der Waals surface area contributed by atoms with Gasteiger partial charge < -0.3 is 15.4 Å². The van der Waals surface area contributed by atoms with E-state index in [0.29, 0.717) is 18.8 Å². The third kappa shape index (κ3) is 6.93. The van der Waals surface area contributed by atoms with Gasteiger partial charge in [-0.05, 0) is 85.3 Å². The van der Waals surface area contributed by atoms with Crippen molar-refractivity contribution in [3.8, 4) is 5.75 Å². The molecule has 8 heteroatoms. The van der Waals surface area contributed by atoms with Crippen LogP contribution in [0.15, 0.2) is 18.2 Å². The number of halogens is 1. The number of hydrogen-bond acceptors (Lipinski definition) is 4. The minimum absolute atomic E-state index is 0.0816. The Morgan fingerprint density at radius 3 is 2.69 bits per heavy atom. The molecule has 0 radical (unpaired) electrons. The largest absolute Gasteiger partial charge is 0.494 e. The van der Waals surface area contributed by atoms with Crippen LogP contribution >= 0.6 is 0 Å². The standard InChI is InChI=1S/C31H45FN4O3/c1-39-27-15-21(9-10-25(27)32)19-34-29(38)26(14-20-6-3-2-4-7-20)35-30(33)36-28(37)18-31-11-5-8-23-12-22(16-31)13-24(23)17-31/h9-10,15,20,22-24,26H,2-8,11-14,16-19H2,1H3,(H,34,38)(H3,33,35,36,37)/t22-,23-,24?,26+,31-/m0/s1. The molecular weight excluding hydrogens is 495 g/mol. The topological polar surface area (TPSA) is 103 Å². The number of carbonyl (C=O) groups excluding carboxylic acids is 2. The maximum Gasteiger partial charge on any atom is 0.242 e. The Hall–Kier alpha value is -2.64. The molecule has 4 aliphatic rings. The molecule has 4 aliphatic carbocycles. The normalized spacial score (nSPS) is 28.8. The van der Waals surface area contributed by atoms with Crippen LogP contribution < -0.4 is 20.7 Å². The van der Waals surface area contributed by atoms with Crippen molar-refractivity contribution in [3.05, 3.63) is 29.6 Å². The molecule has 5 atom stereocenters. The molecule has 0 heterocycles. The molecule has 1 aromatic rings. The second-order valence-electron chi connectivity index (χ2n) is 12.9. The van der Waals surface area contributed by atoms with Gasteiger partial charge in [0.25, 0.3) is 0 Å². The van der Waals surface area contributed by atoms with E-state index in [9.17, 15) is 14.0 Å². The van der Waals surface area contributed by atoms with Crippen molar-refractivity contribution in [2.24, 2.45) is 29.1 Å². The predicted octanol–water partition coefficient (Wildman–Crippen LogP) is 5.43. The van der Waals surface area contributed by atoms with Gasteiger partial charge in [0.1, 0.15) is 6.04 Å². The molecule has 0 spiro atoms. The average Bonchev–Trinajstić information content (AvgIpc) is 3.14. The van der Waals surface area contributed by atoms with E-state index in [1.807, 2.05) is 0 Å². The van der Waals surface area contributed by atoms with Crippen molar-refractivity contribution in [3.63, 3.8) is 0 Å². The zero-order chi connectivity index (χ0) is 27.4. The van der Waals surface area contributed by atoms with Crippen LogP contribution in [0.1, 0.15) is 95.5 Å². The molecule has 1 unspecified atom stereocenters. The van der Waals surface area contributed by atoms with Crippen LogP contribution in [0.4, 0.5) is 4.39 Å². The first-order valence-electron chi connectivity index (χ1n) is 15.1. The monoisotopic (exact) mass is 540 g/mol. The van der Waals surface area contributed by atoms with E-state index in [4.69, 9.17) is 10.1 Å². The van der Waals surface area contributed by atoms with E-state index >= 15 is 0 Å². The summed E-state index contributed by atoms with van der Waals surface area (Å²) in [5.74, 6) is 2.08. The number of hydrogen-bond donors (Lipinski definition) is 4. The zero-order valence-corrected chi connectivity index (χ0v) is 23.3.